The first-order chi connectivity index (χ1) is 9.03. The van der Waals surface area contributed by atoms with Gasteiger partial charge in [0.1, 0.15) is 5.69 Å². The van der Waals surface area contributed by atoms with Crippen molar-refractivity contribution in [3.63, 3.8) is 0 Å². The molecule has 1 aromatic heterocycles. The van der Waals surface area contributed by atoms with E-state index in [0.29, 0.717) is 5.69 Å². The van der Waals surface area contributed by atoms with Crippen LogP contribution in [-0.4, -0.2) is 33.4 Å². The van der Waals surface area contributed by atoms with Gasteiger partial charge in [-0.1, -0.05) is 33.6 Å². The minimum Gasteiger partial charge on any atom is -0.391 e. The summed E-state index contributed by atoms with van der Waals surface area (Å²) in [5.74, 6) is 0.0535. The van der Waals surface area contributed by atoms with E-state index < -0.39 is 6.10 Å². The van der Waals surface area contributed by atoms with Crippen LogP contribution in [0.15, 0.2) is 6.07 Å². The fourth-order valence-electron chi connectivity index (χ4n) is 2.20. The summed E-state index contributed by atoms with van der Waals surface area (Å²) in [5.41, 5.74) is 1.43. The lowest BCUT2D eigenvalue weighted by Gasteiger charge is -2.20. The van der Waals surface area contributed by atoms with Crippen LogP contribution in [0, 0.1) is 5.92 Å². The number of aromatic nitrogens is 2. The van der Waals surface area contributed by atoms with E-state index in [1.54, 1.807) is 17.8 Å². The van der Waals surface area contributed by atoms with Gasteiger partial charge in [-0.15, -0.1) is 0 Å². The summed E-state index contributed by atoms with van der Waals surface area (Å²) in [6, 6.07) is 1.79. The number of hydrogen-bond donors (Lipinski definition) is 2. The van der Waals surface area contributed by atoms with Crippen molar-refractivity contribution in [1.82, 2.24) is 15.1 Å². The van der Waals surface area contributed by atoms with E-state index in [-0.39, 0.29) is 18.4 Å². The highest BCUT2D eigenvalue weighted by molar-refractivity contribution is 5.92. The van der Waals surface area contributed by atoms with E-state index in [4.69, 9.17) is 0 Å². The first-order valence-electron chi connectivity index (χ1n) is 7.02. The lowest BCUT2D eigenvalue weighted by atomic mass is 9.96. The Hall–Kier alpha value is -1.36. The van der Waals surface area contributed by atoms with Crippen molar-refractivity contribution < 1.29 is 9.90 Å². The molecule has 1 rings (SSSR count). The number of amides is 1. The predicted molar refractivity (Wildman–Crippen MR) is 75.0 cm³/mol. The van der Waals surface area contributed by atoms with Crippen molar-refractivity contribution in [2.45, 2.75) is 46.1 Å². The molecule has 1 aromatic rings. The third kappa shape index (κ3) is 4.06. The van der Waals surface area contributed by atoms with Crippen LogP contribution in [0.1, 0.15) is 49.8 Å². The van der Waals surface area contributed by atoms with Crippen molar-refractivity contribution in [2.24, 2.45) is 13.0 Å². The summed E-state index contributed by atoms with van der Waals surface area (Å²) in [5, 5.41) is 17.0. The lowest BCUT2D eigenvalue weighted by molar-refractivity contribution is 0.0809. The number of nitrogens with one attached hydrogen (secondary N) is 1. The Morgan fingerprint density at radius 2 is 2.05 bits per heavy atom. The Morgan fingerprint density at radius 3 is 2.53 bits per heavy atom. The van der Waals surface area contributed by atoms with Crippen LogP contribution in [0.3, 0.4) is 0 Å². The average Bonchev–Trinajstić information content (AvgIpc) is 2.78. The molecule has 19 heavy (non-hydrogen) atoms. The van der Waals surface area contributed by atoms with Gasteiger partial charge < -0.3 is 10.4 Å². The normalized spacial score (nSPS) is 12.7. The first kappa shape index (κ1) is 15.7. The molecule has 0 saturated carbocycles. The van der Waals surface area contributed by atoms with Gasteiger partial charge >= 0.3 is 0 Å². The summed E-state index contributed by atoms with van der Waals surface area (Å²) < 4.78 is 1.58. The molecule has 1 amide bonds. The SMILES string of the molecule is CCc1cc(C(=O)NCC(O)C(CC)CC)n(C)n1. The van der Waals surface area contributed by atoms with Crippen LogP contribution in [0.2, 0.25) is 0 Å². The number of carbonyl (C=O) groups is 1. The maximum Gasteiger partial charge on any atom is 0.269 e. The molecule has 2 N–H and O–H groups in total. The van der Waals surface area contributed by atoms with Crippen LogP contribution in [0.5, 0.6) is 0 Å². The second-order valence-corrected chi connectivity index (χ2v) is 4.85. The molecule has 0 bridgehead atoms. The van der Waals surface area contributed by atoms with Gasteiger partial charge in [-0.2, -0.15) is 5.10 Å². The molecular formula is C14H25N3O2. The molecule has 0 saturated heterocycles. The molecule has 5 nitrogen and oxygen atoms in total. The molecule has 0 aliphatic rings. The number of carbonyl (C=O) groups excluding carboxylic acids is 1. The van der Waals surface area contributed by atoms with Crippen LogP contribution >= 0.6 is 0 Å². The van der Waals surface area contributed by atoms with E-state index in [0.717, 1.165) is 25.0 Å². The standard InChI is InChI=1S/C14H25N3O2/c1-5-10(6-2)13(18)9-15-14(19)12-8-11(7-3)16-17(12)4/h8,10,13,18H,5-7,9H2,1-4H3,(H,15,19). The highest BCUT2D eigenvalue weighted by atomic mass is 16.3. The Morgan fingerprint density at radius 1 is 1.42 bits per heavy atom. The number of aryl methyl sites for hydroxylation is 2. The predicted octanol–water partition coefficient (Wildman–Crippen LogP) is 1.51. The number of hydrogen-bond acceptors (Lipinski definition) is 3. The van der Waals surface area contributed by atoms with E-state index in [1.807, 2.05) is 20.8 Å². The molecular weight excluding hydrogens is 242 g/mol. The van der Waals surface area contributed by atoms with E-state index >= 15 is 0 Å². The molecule has 0 aliphatic carbocycles. The van der Waals surface area contributed by atoms with Crippen LogP contribution < -0.4 is 5.32 Å². The number of aliphatic hydroxyl groups is 1. The fourth-order valence-corrected chi connectivity index (χ4v) is 2.20. The maximum atomic E-state index is 12.0. The topological polar surface area (TPSA) is 67.2 Å². The van der Waals surface area contributed by atoms with Crippen LogP contribution in [0.4, 0.5) is 0 Å². The minimum absolute atomic E-state index is 0.181. The maximum absolute atomic E-state index is 12.0. The monoisotopic (exact) mass is 267 g/mol. The van der Waals surface area contributed by atoms with E-state index in [9.17, 15) is 9.90 Å². The quantitative estimate of drug-likeness (QED) is 0.787. The molecule has 0 fully saturated rings. The third-order valence-corrected chi connectivity index (χ3v) is 3.59. The Kier molecular flexibility index (Phi) is 6.02. The van der Waals surface area contributed by atoms with Gasteiger partial charge in [0, 0.05) is 13.6 Å². The van der Waals surface area contributed by atoms with Crippen molar-refractivity contribution in [3.8, 4) is 0 Å². The summed E-state index contributed by atoms with van der Waals surface area (Å²) >= 11 is 0. The zero-order valence-electron chi connectivity index (χ0n) is 12.3. The van der Waals surface area contributed by atoms with Crippen molar-refractivity contribution in [3.05, 3.63) is 17.5 Å². The average molecular weight is 267 g/mol. The molecule has 1 unspecified atom stereocenters. The summed E-state index contributed by atoms with van der Waals surface area (Å²) in [4.78, 5) is 12.0. The Labute approximate surface area is 115 Å². The molecule has 5 heteroatoms. The van der Waals surface area contributed by atoms with E-state index in [2.05, 4.69) is 10.4 Å². The highest BCUT2D eigenvalue weighted by Crippen LogP contribution is 2.12. The molecule has 0 aromatic carbocycles. The smallest absolute Gasteiger partial charge is 0.269 e. The molecule has 0 radical (unpaired) electrons. The number of nitrogens with zero attached hydrogens (tertiary/aromatic N) is 2. The van der Waals surface area contributed by atoms with Gasteiger partial charge in [0.25, 0.3) is 5.91 Å². The molecule has 1 atom stereocenters. The molecule has 108 valence electrons. The molecule has 0 aliphatic heterocycles. The highest BCUT2D eigenvalue weighted by Gasteiger charge is 2.18. The fraction of sp³-hybridized carbons (Fsp3) is 0.714. The largest absolute Gasteiger partial charge is 0.391 e. The minimum atomic E-state index is -0.488. The Bertz CT molecular complexity index is 411. The molecule has 0 spiro atoms. The van der Waals surface area contributed by atoms with Gasteiger partial charge in [0.05, 0.1) is 11.8 Å². The second-order valence-electron chi connectivity index (χ2n) is 4.85. The van der Waals surface area contributed by atoms with Gasteiger partial charge in [-0.3, -0.25) is 9.48 Å². The number of aliphatic hydroxyl groups excluding tert-OH is 1. The number of rotatable bonds is 7. The second kappa shape index (κ2) is 7.28. The van der Waals surface area contributed by atoms with Crippen molar-refractivity contribution in [1.29, 1.82) is 0 Å². The molecule has 1 heterocycles. The zero-order chi connectivity index (χ0) is 14.4. The lowest BCUT2D eigenvalue weighted by Crippen LogP contribution is -2.36. The third-order valence-electron chi connectivity index (χ3n) is 3.59. The van der Waals surface area contributed by atoms with Crippen molar-refractivity contribution >= 4 is 5.91 Å². The van der Waals surface area contributed by atoms with Gasteiger partial charge in [-0.25, -0.2) is 0 Å². The summed E-state index contributed by atoms with van der Waals surface area (Å²) in [7, 11) is 1.76. The van der Waals surface area contributed by atoms with Crippen LogP contribution in [0.25, 0.3) is 0 Å². The zero-order valence-corrected chi connectivity index (χ0v) is 12.3. The van der Waals surface area contributed by atoms with Gasteiger partial charge in [-0.05, 0) is 18.4 Å². The van der Waals surface area contributed by atoms with Crippen molar-refractivity contribution in [2.75, 3.05) is 6.54 Å². The first-order valence-corrected chi connectivity index (χ1v) is 7.02. The summed E-state index contributed by atoms with van der Waals surface area (Å²) in [6.45, 7) is 6.39. The van der Waals surface area contributed by atoms with E-state index in [1.165, 1.54) is 0 Å². The van der Waals surface area contributed by atoms with Gasteiger partial charge in [0.2, 0.25) is 0 Å². The van der Waals surface area contributed by atoms with Gasteiger partial charge in [0.15, 0.2) is 0 Å². The Balaban J connectivity index is 2.57. The van der Waals surface area contributed by atoms with Crippen LogP contribution in [-0.2, 0) is 13.5 Å². The summed E-state index contributed by atoms with van der Waals surface area (Å²) in [6.07, 6.45) is 2.15.